The summed E-state index contributed by atoms with van der Waals surface area (Å²) < 4.78 is 12.7. The highest BCUT2D eigenvalue weighted by molar-refractivity contribution is 6.31. The van der Waals surface area contributed by atoms with Crippen LogP contribution in [0.1, 0.15) is 5.56 Å². The molecule has 12 heavy (non-hydrogen) atoms. The van der Waals surface area contributed by atoms with E-state index < -0.39 is 11.6 Å². The quantitative estimate of drug-likeness (QED) is 0.746. The summed E-state index contributed by atoms with van der Waals surface area (Å²) in [6.07, 6.45) is 0.155. The van der Waals surface area contributed by atoms with Gasteiger partial charge in [0.25, 0.3) is 0 Å². The molecule has 0 saturated heterocycles. The lowest BCUT2D eigenvalue weighted by Crippen LogP contribution is -1.94. The van der Waals surface area contributed by atoms with E-state index in [0.717, 1.165) is 6.07 Å². The van der Waals surface area contributed by atoms with Crippen molar-refractivity contribution in [2.75, 3.05) is 6.61 Å². The van der Waals surface area contributed by atoms with E-state index in [0.29, 0.717) is 0 Å². The molecule has 0 fully saturated rings. The van der Waals surface area contributed by atoms with Gasteiger partial charge in [-0.2, -0.15) is 0 Å². The number of benzene rings is 1. The summed E-state index contributed by atoms with van der Waals surface area (Å²) in [5.74, 6) is -1.19. The van der Waals surface area contributed by atoms with Gasteiger partial charge in [0.1, 0.15) is 0 Å². The van der Waals surface area contributed by atoms with Gasteiger partial charge < -0.3 is 10.2 Å². The number of rotatable bonds is 2. The number of aliphatic hydroxyl groups is 1. The largest absolute Gasteiger partial charge is 0.505 e. The van der Waals surface area contributed by atoms with E-state index in [4.69, 9.17) is 21.8 Å². The molecule has 2 N–H and O–H groups in total. The van der Waals surface area contributed by atoms with Crippen LogP contribution in [-0.2, 0) is 6.42 Å². The monoisotopic (exact) mass is 190 g/mol. The molecule has 1 aromatic rings. The zero-order valence-corrected chi connectivity index (χ0v) is 6.98. The van der Waals surface area contributed by atoms with Crippen molar-refractivity contribution in [1.29, 1.82) is 0 Å². The van der Waals surface area contributed by atoms with E-state index in [2.05, 4.69) is 0 Å². The SMILES string of the molecule is OCCc1c(Cl)ccc(F)c1O. The van der Waals surface area contributed by atoms with Crippen molar-refractivity contribution < 1.29 is 14.6 Å². The number of phenolic OH excluding ortho intramolecular Hbond substituents is 1. The minimum atomic E-state index is -0.720. The molecule has 0 saturated carbocycles. The first-order valence-corrected chi connectivity index (χ1v) is 3.81. The topological polar surface area (TPSA) is 40.5 Å². The van der Waals surface area contributed by atoms with E-state index in [-0.39, 0.29) is 23.6 Å². The first-order chi connectivity index (χ1) is 5.66. The van der Waals surface area contributed by atoms with Crippen molar-refractivity contribution in [3.63, 3.8) is 0 Å². The second-order valence-electron chi connectivity index (χ2n) is 2.33. The molecule has 2 nitrogen and oxygen atoms in total. The normalized spacial score (nSPS) is 10.2. The van der Waals surface area contributed by atoms with Crippen molar-refractivity contribution in [1.82, 2.24) is 0 Å². The van der Waals surface area contributed by atoms with Gasteiger partial charge in [0.2, 0.25) is 0 Å². The van der Waals surface area contributed by atoms with Crippen LogP contribution in [0.3, 0.4) is 0 Å². The lowest BCUT2D eigenvalue weighted by molar-refractivity contribution is 0.296. The molecule has 0 amide bonds. The number of aromatic hydroxyl groups is 1. The second-order valence-corrected chi connectivity index (χ2v) is 2.74. The van der Waals surface area contributed by atoms with Gasteiger partial charge in [0.15, 0.2) is 11.6 Å². The summed E-state index contributed by atoms with van der Waals surface area (Å²) >= 11 is 5.64. The number of hydrogen-bond acceptors (Lipinski definition) is 2. The highest BCUT2D eigenvalue weighted by Gasteiger charge is 2.10. The minimum Gasteiger partial charge on any atom is -0.505 e. The fraction of sp³-hybridized carbons (Fsp3) is 0.250. The van der Waals surface area contributed by atoms with Crippen LogP contribution >= 0.6 is 11.6 Å². The van der Waals surface area contributed by atoms with Crippen LogP contribution in [0, 0.1) is 5.82 Å². The molecule has 1 aromatic carbocycles. The molecule has 4 heteroatoms. The summed E-state index contributed by atoms with van der Waals surface area (Å²) in [4.78, 5) is 0. The smallest absolute Gasteiger partial charge is 0.165 e. The third-order valence-electron chi connectivity index (χ3n) is 1.54. The molecule has 0 radical (unpaired) electrons. The molecule has 1 rings (SSSR count). The maximum Gasteiger partial charge on any atom is 0.165 e. The van der Waals surface area contributed by atoms with Crippen LogP contribution in [0.15, 0.2) is 12.1 Å². The summed E-state index contributed by atoms with van der Waals surface area (Å²) in [5.41, 5.74) is 0.249. The zero-order valence-electron chi connectivity index (χ0n) is 6.22. The van der Waals surface area contributed by atoms with E-state index in [1.54, 1.807) is 0 Å². The minimum absolute atomic E-state index is 0.155. The number of aliphatic hydroxyl groups excluding tert-OH is 1. The van der Waals surface area contributed by atoms with Gasteiger partial charge >= 0.3 is 0 Å². The molecular formula is C8H8ClFO2. The summed E-state index contributed by atoms with van der Waals surface area (Å²) in [6.45, 7) is -0.170. The first kappa shape index (κ1) is 9.29. The van der Waals surface area contributed by atoms with Gasteiger partial charge in [-0.1, -0.05) is 11.6 Å². The Morgan fingerprint density at radius 3 is 2.67 bits per heavy atom. The third-order valence-corrected chi connectivity index (χ3v) is 1.89. The average Bonchev–Trinajstić information content (AvgIpc) is 2.06. The molecule has 0 aliphatic rings. The van der Waals surface area contributed by atoms with Crippen LogP contribution in [0.2, 0.25) is 5.02 Å². The van der Waals surface area contributed by atoms with Crippen molar-refractivity contribution in [3.05, 3.63) is 28.5 Å². The molecule has 0 aromatic heterocycles. The van der Waals surface area contributed by atoms with E-state index >= 15 is 0 Å². The van der Waals surface area contributed by atoms with E-state index in [1.165, 1.54) is 6.07 Å². The van der Waals surface area contributed by atoms with Crippen molar-refractivity contribution in [2.45, 2.75) is 6.42 Å². The van der Waals surface area contributed by atoms with Crippen LogP contribution in [0.25, 0.3) is 0 Å². The van der Waals surface area contributed by atoms with Gasteiger partial charge in [-0.15, -0.1) is 0 Å². The first-order valence-electron chi connectivity index (χ1n) is 3.43. The van der Waals surface area contributed by atoms with Crippen LogP contribution in [0.5, 0.6) is 5.75 Å². The lowest BCUT2D eigenvalue weighted by Gasteiger charge is -2.05. The maximum absolute atomic E-state index is 12.7. The average molecular weight is 191 g/mol. The molecular weight excluding hydrogens is 183 g/mol. The molecule has 0 heterocycles. The number of halogens is 2. The maximum atomic E-state index is 12.7. The molecule has 0 bridgehead atoms. The second kappa shape index (κ2) is 3.74. The Morgan fingerprint density at radius 1 is 1.42 bits per heavy atom. The van der Waals surface area contributed by atoms with Gasteiger partial charge in [-0.3, -0.25) is 0 Å². The lowest BCUT2D eigenvalue weighted by atomic mass is 10.1. The Bertz CT molecular complexity index is 289. The van der Waals surface area contributed by atoms with E-state index in [9.17, 15) is 4.39 Å². The Balaban J connectivity index is 3.14. The third kappa shape index (κ3) is 1.68. The summed E-state index contributed by atoms with van der Waals surface area (Å²) in [5, 5.41) is 18.0. The predicted octanol–water partition coefficient (Wildman–Crippen LogP) is 1.72. The molecule has 0 aliphatic carbocycles. The molecule has 0 atom stereocenters. The fourth-order valence-electron chi connectivity index (χ4n) is 0.933. The van der Waals surface area contributed by atoms with Crippen LogP contribution < -0.4 is 0 Å². The number of phenols is 1. The van der Waals surface area contributed by atoms with Crippen molar-refractivity contribution >= 4 is 11.6 Å². The Labute approximate surface area is 74.2 Å². The van der Waals surface area contributed by atoms with Crippen molar-refractivity contribution in [2.24, 2.45) is 0 Å². The Morgan fingerprint density at radius 2 is 2.08 bits per heavy atom. The van der Waals surface area contributed by atoms with Gasteiger partial charge in [0.05, 0.1) is 0 Å². The van der Waals surface area contributed by atoms with E-state index in [1.807, 2.05) is 0 Å². The van der Waals surface area contributed by atoms with Crippen LogP contribution in [-0.4, -0.2) is 16.8 Å². The highest BCUT2D eigenvalue weighted by Crippen LogP contribution is 2.28. The van der Waals surface area contributed by atoms with Gasteiger partial charge in [-0.05, 0) is 12.1 Å². The summed E-state index contributed by atoms with van der Waals surface area (Å²) in [6, 6.07) is 2.43. The summed E-state index contributed by atoms with van der Waals surface area (Å²) in [7, 11) is 0. The fourth-order valence-corrected chi connectivity index (χ4v) is 1.18. The van der Waals surface area contributed by atoms with Crippen molar-refractivity contribution in [3.8, 4) is 5.75 Å². The molecule has 66 valence electrons. The molecule has 0 unspecified atom stereocenters. The molecule has 0 aliphatic heterocycles. The Kier molecular flexibility index (Phi) is 2.89. The van der Waals surface area contributed by atoms with Gasteiger partial charge in [-0.25, -0.2) is 4.39 Å². The van der Waals surface area contributed by atoms with Crippen LogP contribution in [0.4, 0.5) is 4.39 Å². The highest BCUT2D eigenvalue weighted by atomic mass is 35.5. The standard InChI is InChI=1S/C8H8ClFO2/c9-6-1-2-7(10)8(12)5(6)3-4-11/h1-2,11-12H,3-4H2. The predicted molar refractivity (Wildman–Crippen MR) is 43.9 cm³/mol. The molecule has 0 spiro atoms. The Hall–Kier alpha value is -0.800. The zero-order chi connectivity index (χ0) is 9.14. The van der Waals surface area contributed by atoms with Gasteiger partial charge in [0, 0.05) is 23.6 Å². The number of hydrogen-bond donors (Lipinski definition) is 2.